The number of hydrogen-bond acceptors (Lipinski definition) is 2. The Morgan fingerprint density at radius 1 is 0.952 bits per heavy atom. The molecule has 2 heterocycles. The Bertz CT molecular complexity index is 658. The van der Waals surface area contributed by atoms with E-state index >= 15 is 0 Å². The van der Waals surface area contributed by atoms with Crippen molar-refractivity contribution in [1.82, 2.24) is 10.4 Å². The van der Waals surface area contributed by atoms with Gasteiger partial charge in [-0.15, -0.1) is 0 Å². The summed E-state index contributed by atoms with van der Waals surface area (Å²) in [6, 6.07) is 21.1. The topological polar surface area (TPSA) is 18.5 Å². The Hall–Kier alpha value is -1.91. The van der Waals surface area contributed by atoms with Crippen molar-refractivity contribution < 1.29 is 0 Å². The summed E-state index contributed by atoms with van der Waals surface area (Å²) in [6.45, 7) is 1.01. The molecular formula is C17H17N3S. The van der Waals surface area contributed by atoms with Gasteiger partial charge in [0.05, 0.1) is 0 Å². The predicted molar refractivity (Wildman–Crippen MR) is 88.7 cm³/mol. The van der Waals surface area contributed by atoms with Gasteiger partial charge in [0.1, 0.15) is 5.66 Å². The fourth-order valence-corrected chi connectivity index (χ4v) is 3.93. The third-order valence-corrected chi connectivity index (χ3v) is 4.68. The lowest BCUT2D eigenvalue weighted by Crippen LogP contribution is -2.48. The Labute approximate surface area is 130 Å². The van der Waals surface area contributed by atoms with Crippen LogP contribution >= 0.6 is 12.2 Å². The van der Waals surface area contributed by atoms with Gasteiger partial charge in [-0.25, -0.2) is 0 Å². The average molecular weight is 295 g/mol. The van der Waals surface area contributed by atoms with E-state index in [4.69, 9.17) is 12.2 Å². The van der Waals surface area contributed by atoms with E-state index in [9.17, 15) is 0 Å². The molecule has 1 atom stereocenters. The van der Waals surface area contributed by atoms with E-state index in [-0.39, 0.29) is 5.66 Å². The normalized spacial score (nSPS) is 25.0. The van der Waals surface area contributed by atoms with E-state index in [2.05, 4.69) is 69.9 Å². The number of anilines is 1. The molecule has 0 bridgehead atoms. The molecule has 2 aromatic rings. The summed E-state index contributed by atoms with van der Waals surface area (Å²) in [7, 11) is 0. The van der Waals surface area contributed by atoms with E-state index in [1.165, 1.54) is 5.56 Å². The first-order valence-corrected chi connectivity index (χ1v) is 7.72. The molecule has 4 heteroatoms. The highest BCUT2D eigenvalue weighted by Crippen LogP contribution is 2.46. The van der Waals surface area contributed by atoms with Crippen LogP contribution in [0.4, 0.5) is 5.69 Å². The van der Waals surface area contributed by atoms with Crippen LogP contribution in [0.1, 0.15) is 18.4 Å². The molecule has 0 radical (unpaired) electrons. The molecule has 2 saturated heterocycles. The molecule has 0 aromatic heterocycles. The number of benzene rings is 2. The van der Waals surface area contributed by atoms with Crippen molar-refractivity contribution in [3.05, 3.63) is 66.2 Å². The smallest absolute Gasteiger partial charge is 0.190 e. The van der Waals surface area contributed by atoms with Crippen molar-refractivity contribution in [2.45, 2.75) is 18.5 Å². The van der Waals surface area contributed by atoms with E-state index in [1.807, 2.05) is 6.07 Å². The molecule has 4 rings (SSSR count). The van der Waals surface area contributed by atoms with Crippen molar-refractivity contribution in [2.75, 3.05) is 11.4 Å². The van der Waals surface area contributed by atoms with E-state index in [0.717, 1.165) is 30.2 Å². The highest BCUT2D eigenvalue weighted by atomic mass is 32.1. The van der Waals surface area contributed by atoms with Gasteiger partial charge in [0.2, 0.25) is 0 Å². The van der Waals surface area contributed by atoms with Gasteiger partial charge in [-0.3, -0.25) is 10.3 Å². The van der Waals surface area contributed by atoms with Crippen LogP contribution in [0.15, 0.2) is 60.7 Å². The average Bonchev–Trinajstić information content (AvgIpc) is 3.05. The van der Waals surface area contributed by atoms with Crippen molar-refractivity contribution in [1.29, 1.82) is 0 Å². The van der Waals surface area contributed by atoms with Crippen LogP contribution in [-0.4, -0.2) is 16.7 Å². The zero-order chi connectivity index (χ0) is 14.3. The second-order valence-corrected chi connectivity index (χ2v) is 5.91. The monoisotopic (exact) mass is 295 g/mol. The molecule has 2 fully saturated rings. The zero-order valence-electron chi connectivity index (χ0n) is 11.7. The summed E-state index contributed by atoms with van der Waals surface area (Å²) in [4.78, 5) is 2.27. The van der Waals surface area contributed by atoms with Crippen LogP contribution in [0.5, 0.6) is 0 Å². The summed E-state index contributed by atoms with van der Waals surface area (Å²) in [6.07, 6.45) is 2.23. The summed E-state index contributed by atoms with van der Waals surface area (Å²) >= 11 is 5.62. The van der Waals surface area contributed by atoms with Gasteiger partial charge in [0.25, 0.3) is 0 Å². The fraction of sp³-hybridized carbons (Fsp3) is 0.235. The minimum atomic E-state index is -0.195. The van der Waals surface area contributed by atoms with Gasteiger partial charge in [0, 0.05) is 12.2 Å². The maximum Gasteiger partial charge on any atom is 0.190 e. The van der Waals surface area contributed by atoms with E-state index in [0.29, 0.717) is 0 Å². The third kappa shape index (κ3) is 1.79. The number of rotatable bonds is 2. The fourth-order valence-electron chi connectivity index (χ4n) is 3.56. The minimum absolute atomic E-state index is 0.195. The van der Waals surface area contributed by atoms with E-state index in [1.54, 1.807) is 0 Å². The van der Waals surface area contributed by atoms with Crippen LogP contribution in [0.2, 0.25) is 0 Å². The van der Waals surface area contributed by atoms with Crippen molar-refractivity contribution >= 4 is 23.0 Å². The molecule has 2 aliphatic rings. The molecule has 0 aliphatic carbocycles. The van der Waals surface area contributed by atoms with Gasteiger partial charge >= 0.3 is 0 Å². The number of hydrogen-bond donors (Lipinski definition) is 1. The largest absolute Gasteiger partial charge is 0.293 e. The maximum absolute atomic E-state index is 5.62. The van der Waals surface area contributed by atoms with Gasteiger partial charge in [-0.1, -0.05) is 48.5 Å². The van der Waals surface area contributed by atoms with Gasteiger partial charge < -0.3 is 0 Å². The molecule has 0 amide bonds. The van der Waals surface area contributed by atoms with Crippen molar-refractivity contribution in [2.24, 2.45) is 0 Å². The Kier molecular flexibility index (Phi) is 2.94. The number of hydrazine groups is 1. The SMILES string of the molecule is S=C1NN2CCCC2(c2ccccc2)N1c1ccccc1. The Morgan fingerprint density at radius 2 is 1.62 bits per heavy atom. The number of nitrogens with zero attached hydrogens (tertiary/aromatic N) is 2. The quantitative estimate of drug-likeness (QED) is 0.857. The molecule has 2 aromatic carbocycles. The zero-order valence-corrected chi connectivity index (χ0v) is 12.5. The van der Waals surface area contributed by atoms with Crippen LogP contribution in [0.25, 0.3) is 0 Å². The van der Waals surface area contributed by atoms with Crippen LogP contribution in [0.3, 0.4) is 0 Å². The Morgan fingerprint density at radius 3 is 2.33 bits per heavy atom. The lowest BCUT2D eigenvalue weighted by molar-refractivity contribution is 0.149. The van der Waals surface area contributed by atoms with Crippen LogP contribution < -0.4 is 10.3 Å². The van der Waals surface area contributed by atoms with E-state index < -0.39 is 0 Å². The van der Waals surface area contributed by atoms with Gasteiger partial charge in [-0.2, -0.15) is 5.01 Å². The van der Waals surface area contributed by atoms with Crippen molar-refractivity contribution in [3.8, 4) is 0 Å². The van der Waals surface area contributed by atoms with Gasteiger partial charge in [0.15, 0.2) is 5.11 Å². The summed E-state index contributed by atoms with van der Waals surface area (Å²) < 4.78 is 0. The summed E-state index contributed by atoms with van der Waals surface area (Å²) in [5.74, 6) is 0. The minimum Gasteiger partial charge on any atom is -0.293 e. The molecule has 1 unspecified atom stereocenters. The molecule has 0 spiro atoms. The molecular weight excluding hydrogens is 278 g/mol. The molecule has 3 nitrogen and oxygen atoms in total. The molecule has 1 N–H and O–H groups in total. The highest BCUT2D eigenvalue weighted by molar-refractivity contribution is 7.80. The number of nitrogens with one attached hydrogen (secondary N) is 1. The lowest BCUT2D eigenvalue weighted by Gasteiger charge is -2.38. The van der Waals surface area contributed by atoms with Crippen molar-refractivity contribution in [3.63, 3.8) is 0 Å². The Balaban J connectivity index is 1.90. The second kappa shape index (κ2) is 4.83. The standard InChI is InChI=1S/C17H17N3S/c21-16-18-19-13-7-12-17(19,14-8-3-1-4-9-14)20(16)15-10-5-2-6-11-15/h1-6,8-11H,7,12-13H2,(H,18,21). The first kappa shape index (κ1) is 12.8. The van der Waals surface area contributed by atoms with Crippen LogP contribution in [0, 0.1) is 0 Å². The lowest BCUT2D eigenvalue weighted by atomic mass is 9.95. The number of fused-ring (bicyclic) bond motifs is 1. The van der Waals surface area contributed by atoms with Gasteiger partial charge in [-0.05, 0) is 42.8 Å². The first-order valence-electron chi connectivity index (χ1n) is 7.31. The molecule has 2 aliphatic heterocycles. The highest BCUT2D eigenvalue weighted by Gasteiger charge is 2.54. The second-order valence-electron chi connectivity index (χ2n) is 5.53. The summed E-state index contributed by atoms with van der Waals surface area (Å²) in [5, 5.41) is 3.07. The first-order chi connectivity index (χ1) is 10.3. The van der Waals surface area contributed by atoms with Crippen LogP contribution in [-0.2, 0) is 5.66 Å². The molecule has 0 saturated carbocycles. The summed E-state index contributed by atoms with van der Waals surface area (Å²) in [5.41, 5.74) is 5.63. The molecule has 106 valence electrons. The molecule has 21 heavy (non-hydrogen) atoms. The maximum atomic E-state index is 5.62. The number of para-hydroxylation sites is 1. The third-order valence-electron chi connectivity index (χ3n) is 4.41. The number of thiocarbonyl (C=S) groups is 1. The predicted octanol–water partition coefficient (Wildman–Crippen LogP) is 3.24.